The molecule has 1 N–H and O–H groups in total. The van der Waals surface area contributed by atoms with Crippen LogP contribution in [0.2, 0.25) is 0 Å². The average molecular weight is 369 g/mol. The third-order valence-electron chi connectivity index (χ3n) is 4.27. The Balaban J connectivity index is 1.40. The Labute approximate surface area is 157 Å². The predicted molar refractivity (Wildman–Crippen MR) is 100.0 cm³/mol. The number of fused-ring (bicyclic) bond motifs is 1. The molecule has 1 amide bonds. The van der Waals surface area contributed by atoms with Crippen LogP contribution in [0.3, 0.4) is 0 Å². The standard InChI is InChI=1S/C19H23N5O3/c1-26-16-7-5-15(17(10-16)27-2)6-8-18(25)20-9-3-4-14-11-21-19-22-13-23-24(19)12-14/h5,7,10-13H,3-4,6,8-9H2,1-2H3,(H,20,25). The molecule has 2 heterocycles. The van der Waals surface area contributed by atoms with E-state index in [9.17, 15) is 4.79 Å². The van der Waals surface area contributed by atoms with E-state index in [-0.39, 0.29) is 5.91 Å². The molecule has 3 rings (SSSR count). The van der Waals surface area contributed by atoms with Crippen LogP contribution in [0.15, 0.2) is 36.9 Å². The summed E-state index contributed by atoms with van der Waals surface area (Å²) in [6, 6.07) is 5.63. The van der Waals surface area contributed by atoms with E-state index in [0.717, 1.165) is 35.5 Å². The lowest BCUT2D eigenvalue weighted by molar-refractivity contribution is -0.121. The zero-order valence-corrected chi connectivity index (χ0v) is 15.5. The molecule has 3 aromatic rings. The van der Waals surface area contributed by atoms with Crippen LogP contribution < -0.4 is 14.8 Å². The highest BCUT2D eigenvalue weighted by molar-refractivity contribution is 5.76. The fourth-order valence-corrected chi connectivity index (χ4v) is 2.80. The molecular weight excluding hydrogens is 346 g/mol. The van der Waals surface area contributed by atoms with Gasteiger partial charge in [-0.05, 0) is 36.5 Å². The molecule has 0 spiro atoms. The largest absolute Gasteiger partial charge is 0.497 e. The Morgan fingerprint density at radius 2 is 2.07 bits per heavy atom. The highest BCUT2D eigenvalue weighted by Crippen LogP contribution is 2.25. The molecule has 0 aliphatic carbocycles. The Kier molecular flexibility index (Phi) is 6.19. The van der Waals surface area contributed by atoms with Crippen LogP contribution in [0.4, 0.5) is 0 Å². The monoisotopic (exact) mass is 369 g/mol. The molecule has 0 unspecified atom stereocenters. The lowest BCUT2D eigenvalue weighted by Gasteiger charge is -2.10. The molecule has 0 saturated heterocycles. The van der Waals surface area contributed by atoms with Crippen LogP contribution in [0.1, 0.15) is 24.0 Å². The fraction of sp³-hybridized carbons (Fsp3) is 0.368. The lowest BCUT2D eigenvalue weighted by atomic mass is 10.1. The number of aromatic nitrogens is 4. The number of hydrogen-bond donors (Lipinski definition) is 1. The van der Waals surface area contributed by atoms with E-state index in [2.05, 4.69) is 20.4 Å². The summed E-state index contributed by atoms with van der Waals surface area (Å²) in [5, 5.41) is 7.02. The molecular formula is C19H23N5O3. The van der Waals surface area contributed by atoms with Gasteiger partial charge in [0.2, 0.25) is 5.91 Å². The molecule has 0 atom stereocenters. The van der Waals surface area contributed by atoms with E-state index in [4.69, 9.17) is 9.47 Å². The van der Waals surface area contributed by atoms with Crippen LogP contribution in [0, 0.1) is 0 Å². The highest BCUT2D eigenvalue weighted by Gasteiger charge is 2.08. The molecule has 142 valence electrons. The van der Waals surface area contributed by atoms with E-state index < -0.39 is 0 Å². The molecule has 8 nitrogen and oxygen atoms in total. The molecule has 1 aromatic carbocycles. The van der Waals surface area contributed by atoms with Gasteiger partial charge >= 0.3 is 0 Å². The van der Waals surface area contributed by atoms with Crippen molar-refractivity contribution in [2.45, 2.75) is 25.7 Å². The van der Waals surface area contributed by atoms with Crippen molar-refractivity contribution in [1.82, 2.24) is 24.9 Å². The van der Waals surface area contributed by atoms with Gasteiger partial charge in [-0.2, -0.15) is 10.1 Å². The Morgan fingerprint density at radius 3 is 2.89 bits per heavy atom. The molecule has 8 heteroatoms. The Morgan fingerprint density at radius 1 is 1.19 bits per heavy atom. The number of nitrogens with one attached hydrogen (secondary N) is 1. The number of amides is 1. The van der Waals surface area contributed by atoms with Crippen molar-refractivity contribution in [2.24, 2.45) is 0 Å². The zero-order valence-electron chi connectivity index (χ0n) is 15.5. The van der Waals surface area contributed by atoms with E-state index in [1.165, 1.54) is 6.33 Å². The molecule has 2 aromatic heterocycles. The molecule has 27 heavy (non-hydrogen) atoms. The summed E-state index contributed by atoms with van der Waals surface area (Å²) in [4.78, 5) is 20.3. The number of hydrogen-bond acceptors (Lipinski definition) is 6. The number of carbonyl (C=O) groups excluding carboxylic acids is 1. The number of methoxy groups -OCH3 is 2. The topological polar surface area (TPSA) is 90.6 Å². The first-order valence-corrected chi connectivity index (χ1v) is 8.81. The average Bonchev–Trinajstić information content (AvgIpc) is 3.17. The Bertz CT molecular complexity index is 909. The molecule has 0 saturated carbocycles. The second kappa shape index (κ2) is 8.98. The van der Waals surface area contributed by atoms with Crippen molar-refractivity contribution in [2.75, 3.05) is 20.8 Å². The quantitative estimate of drug-likeness (QED) is 0.579. The first-order valence-electron chi connectivity index (χ1n) is 8.81. The lowest BCUT2D eigenvalue weighted by Crippen LogP contribution is -2.25. The summed E-state index contributed by atoms with van der Waals surface area (Å²) in [6.07, 6.45) is 7.86. The van der Waals surface area contributed by atoms with Gasteiger partial charge in [0.05, 0.1) is 14.2 Å². The van der Waals surface area contributed by atoms with E-state index >= 15 is 0 Å². The predicted octanol–water partition coefficient (Wildman–Crippen LogP) is 1.82. The number of rotatable bonds is 9. The summed E-state index contributed by atoms with van der Waals surface area (Å²) in [5.74, 6) is 2.08. The minimum absolute atomic E-state index is 0.0257. The third kappa shape index (κ3) is 4.93. The molecule has 0 radical (unpaired) electrons. The van der Waals surface area contributed by atoms with Crippen LogP contribution in [0.25, 0.3) is 5.78 Å². The van der Waals surface area contributed by atoms with E-state index in [1.807, 2.05) is 24.4 Å². The normalized spacial score (nSPS) is 10.7. The number of benzene rings is 1. The van der Waals surface area contributed by atoms with E-state index in [1.54, 1.807) is 24.9 Å². The van der Waals surface area contributed by atoms with E-state index in [0.29, 0.717) is 25.2 Å². The number of nitrogens with zero attached hydrogens (tertiary/aromatic N) is 4. The second-order valence-corrected chi connectivity index (χ2v) is 6.10. The first-order chi connectivity index (χ1) is 13.2. The van der Waals surface area contributed by atoms with Crippen molar-refractivity contribution in [3.8, 4) is 11.5 Å². The van der Waals surface area contributed by atoms with Gasteiger partial charge < -0.3 is 14.8 Å². The molecule has 0 aliphatic heterocycles. The minimum Gasteiger partial charge on any atom is -0.497 e. The fourth-order valence-electron chi connectivity index (χ4n) is 2.80. The van der Waals surface area contributed by atoms with Crippen molar-refractivity contribution in [1.29, 1.82) is 0 Å². The van der Waals surface area contributed by atoms with Gasteiger partial charge in [-0.15, -0.1) is 0 Å². The summed E-state index contributed by atoms with van der Waals surface area (Å²) in [5.41, 5.74) is 2.05. The van der Waals surface area contributed by atoms with Gasteiger partial charge in [0.15, 0.2) is 0 Å². The number of aryl methyl sites for hydroxylation is 2. The number of carbonyl (C=O) groups is 1. The molecule has 0 fully saturated rings. The van der Waals surface area contributed by atoms with Crippen LogP contribution in [0.5, 0.6) is 11.5 Å². The maximum absolute atomic E-state index is 12.1. The summed E-state index contributed by atoms with van der Waals surface area (Å²) in [6.45, 7) is 0.619. The van der Waals surface area contributed by atoms with Crippen LogP contribution >= 0.6 is 0 Å². The van der Waals surface area contributed by atoms with Crippen molar-refractivity contribution < 1.29 is 14.3 Å². The first kappa shape index (κ1) is 18.6. The smallest absolute Gasteiger partial charge is 0.252 e. The molecule has 0 aliphatic rings. The SMILES string of the molecule is COc1ccc(CCC(=O)NCCCc2cnc3ncnn3c2)c(OC)c1. The second-order valence-electron chi connectivity index (χ2n) is 6.10. The highest BCUT2D eigenvalue weighted by atomic mass is 16.5. The van der Waals surface area contributed by atoms with Crippen LogP contribution in [-0.2, 0) is 17.6 Å². The summed E-state index contributed by atoms with van der Waals surface area (Å²) in [7, 11) is 3.23. The summed E-state index contributed by atoms with van der Waals surface area (Å²) < 4.78 is 12.2. The van der Waals surface area contributed by atoms with Crippen molar-refractivity contribution >= 4 is 11.7 Å². The van der Waals surface area contributed by atoms with Crippen molar-refractivity contribution in [3.63, 3.8) is 0 Å². The van der Waals surface area contributed by atoms with Gasteiger partial charge in [-0.1, -0.05) is 6.07 Å². The molecule has 0 bridgehead atoms. The van der Waals surface area contributed by atoms with Gasteiger partial charge in [-0.3, -0.25) is 4.79 Å². The van der Waals surface area contributed by atoms with Crippen LogP contribution in [-0.4, -0.2) is 46.3 Å². The Hall–Kier alpha value is -3.16. The third-order valence-corrected chi connectivity index (χ3v) is 4.27. The van der Waals surface area contributed by atoms with Gasteiger partial charge in [0.25, 0.3) is 5.78 Å². The van der Waals surface area contributed by atoms with Gasteiger partial charge in [-0.25, -0.2) is 9.50 Å². The zero-order chi connectivity index (χ0) is 19.1. The van der Waals surface area contributed by atoms with Crippen molar-refractivity contribution in [3.05, 3.63) is 48.0 Å². The van der Waals surface area contributed by atoms with Gasteiger partial charge in [0.1, 0.15) is 17.8 Å². The summed E-state index contributed by atoms with van der Waals surface area (Å²) >= 11 is 0. The maximum atomic E-state index is 12.1. The number of ether oxygens (including phenoxy) is 2. The van der Waals surface area contributed by atoms with Gasteiger partial charge in [0, 0.05) is 31.4 Å². The maximum Gasteiger partial charge on any atom is 0.252 e. The minimum atomic E-state index is 0.0257.